The lowest BCUT2D eigenvalue weighted by atomic mass is 9.97. The quantitative estimate of drug-likeness (QED) is 0.889. The molecule has 1 aliphatic heterocycles. The maximum atomic E-state index is 12.4. The summed E-state index contributed by atoms with van der Waals surface area (Å²) < 4.78 is 40.6. The first-order chi connectivity index (χ1) is 11.3. The predicted molar refractivity (Wildman–Crippen MR) is 80.0 cm³/mol. The summed E-state index contributed by atoms with van der Waals surface area (Å²) >= 11 is 0. The molecule has 2 amide bonds. The summed E-state index contributed by atoms with van der Waals surface area (Å²) in [5.74, 6) is -0.967. The van der Waals surface area contributed by atoms with E-state index < -0.39 is 18.7 Å². The minimum Gasteiger partial charge on any atom is -0.369 e. The van der Waals surface area contributed by atoms with Gasteiger partial charge in [-0.25, -0.2) is 0 Å². The third-order valence-electron chi connectivity index (χ3n) is 3.85. The highest BCUT2D eigenvalue weighted by Crippen LogP contribution is 2.19. The Labute approximate surface area is 137 Å². The zero-order chi connectivity index (χ0) is 17.7. The number of likely N-dealkylation sites (tertiary alicyclic amines) is 1. The molecule has 0 aromatic heterocycles. The SMILES string of the molecule is NC(=O)C1CCCN(C(=O)c2ccc(COCC(F)(F)F)cc2)C1. The number of piperidine rings is 1. The lowest BCUT2D eigenvalue weighted by Gasteiger charge is -2.31. The van der Waals surface area contributed by atoms with Crippen molar-refractivity contribution in [3.8, 4) is 0 Å². The number of amides is 2. The first-order valence-electron chi connectivity index (χ1n) is 7.58. The van der Waals surface area contributed by atoms with Gasteiger partial charge in [0.05, 0.1) is 12.5 Å². The fraction of sp³-hybridized carbons (Fsp3) is 0.500. The topological polar surface area (TPSA) is 72.6 Å². The number of hydrogen-bond donors (Lipinski definition) is 1. The Morgan fingerprint density at radius 3 is 2.50 bits per heavy atom. The number of halogens is 3. The van der Waals surface area contributed by atoms with Crippen LogP contribution < -0.4 is 5.73 Å². The molecule has 2 N–H and O–H groups in total. The van der Waals surface area contributed by atoms with Crippen molar-refractivity contribution in [1.29, 1.82) is 0 Å². The summed E-state index contributed by atoms with van der Waals surface area (Å²) in [6.45, 7) is -0.638. The van der Waals surface area contributed by atoms with E-state index >= 15 is 0 Å². The molecular formula is C16H19F3N2O3. The van der Waals surface area contributed by atoms with Gasteiger partial charge in [-0.05, 0) is 30.5 Å². The second-order valence-corrected chi connectivity index (χ2v) is 5.80. The molecule has 1 unspecified atom stereocenters. The van der Waals surface area contributed by atoms with Crippen molar-refractivity contribution in [1.82, 2.24) is 4.90 Å². The van der Waals surface area contributed by atoms with Gasteiger partial charge in [0.2, 0.25) is 5.91 Å². The Hall–Kier alpha value is -2.09. The molecule has 1 fully saturated rings. The third-order valence-corrected chi connectivity index (χ3v) is 3.85. The molecule has 1 saturated heterocycles. The van der Waals surface area contributed by atoms with Crippen LogP contribution in [0, 0.1) is 5.92 Å². The second kappa shape index (κ2) is 7.65. The highest BCUT2D eigenvalue weighted by Gasteiger charge is 2.28. The van der Waals surface area contributed by atoms with E-state index in [1.807, 2.05) is 0 Å². The van der Waals surface area contributed by atoms with Crippen LogP contribution in [0.4, 0.5) is 13.2 Å². The largest absolute Gasteiger partial charge is 0.411 e. The molecule has 0 aliphatic carbocycles. The van der Waals surface area contributed by atoms with Crippen molar-refractivity contribution >= 4 is 11.8 Å². The van der Waals surface area contributed by atoms with Crippen LogP contribution in [0.1, 0.15) is 28.8 Å². The molecule has 2 rings (SSSR count). The fourth-order valence-electron chi connectivity index (χ4n) is 2.60. The number of nitrogens with two attached hydrogens (primary N) is 1. The van der Waals surface area contributed by atoms with Crippen LogP contribution in [0.15, 0.2) is 24.3 Å². The van der Waals surface area contributed by atoms with Gasteiger partial charge in [0, 0.05) is 18.7 Å². The second-order valence-electron chi connectivity index (χ2n) is 5.80. The van der Waals surface area contributed by atoms with E-state index in [0.717, 1.165) is 0 Å². The van der Waals surface area contributed by atoms with Crippen LogP contribution in [0.5, 0.6) is 0 Å². The lowest BCUT2D eigenvalue weighted by molar-refractivity contribution is -0.176. The number of ether oxygens (including phenoxy) is 1. The number of nitrogens with zero attached hydrogens (tertiary/aromatic N) is 1. The first-order valence-corrected chi connectivity index (χ1v) is 7.58. The van der Waals surface area contributed by atoms with Crippen LogP contribution in [0.25, 0.3) is 0 Å². The van der Waals surface area contributed by atoms with Gasteiger partial charge in [-0.1, -0.05) is 12.1 Å². The molecular weight excluding hydrogens is 325 g/mol. The molecule has 0 saturated carbocycles. The van der Waals surface area contributed by atoms with Gasteiger partial charge in [0.1, 0.15) is 6.61 Å². The number of benzene rings is 1. The third kappa shape index (κ3) is 5.23. The van der Waals surface area contributed by atoms with Crippen molar-refractivity contribution < 1.29 is 27.5 Å². The van der Waals surface area contributed by atoms with E-state index in [1.165, 1.54) is 0 Å². The van der Waals surface area contributed by atoms with Crippen molar-refractivity contribution in [3.05, 3.63) is 35.4 Å². The Kier molecular flexibility index (Phi) is 5.82. The van der Waals surface area contributed by atoms with Crippen molar-refractivity contribution in [2.24, 2.45) is 11.7 Å². The predicted octanol–water partition coefficient (Wildman–Crippen LogP) is 2.10. The molecule has 1 aliphatic rings. The number of alkyl halides is 3. The summed E-state index contributed by atoms with van der Waals surface area (Å²) in [5, 5.41) is 0. The maximum Gasteiger partial charge on any atom is 0.411 e. The molecule has 0 radical (unpaired) electrons. The zero-order valence-corrected chi connectivity index (χ0v) is 13.0. The molecule has 5 nitrogen and oxygen atoms in total. The van der Waals surface area contributed by atoms with Crippen LogP contribution in [-0.2, 0) is 16.1 Å². The van der Waals surface area contributed by atoms with E-state index in [2.05, 4.69) is 4.74 Å². The standard InChI is InChI=1S/C16H19F3N2O3/c17-16(18,19)10-24-9-11-3-5-12(6-4-11)15(23)21-7-1-2-13(8-21)14(20)22/h3-6,13H,1-2,7-10H2,(H2,20,22). The summed E-state index contributed by atoms with van der Waals surface area (Å²) in [5.41, 5.74) is 6.26. The summed E-state index contributed by atoms with van der Waals surface area (Å²) in [6.07, 6.45) is -2.97. The van der Waals surface area contributed by atoms with E-state index in [1.54, 1.807) is 29.2 Å². The fourth-order valence-corrected chi connectivity index (χ4v) is 2.60. The van der Waals surface area contributed by atoms with Crippen molar-refractivity contribution in [2.45, 2.75) is 25.6 Å². The Balaban J connectivity index is 1.92. The molecule has 132 valence electrons. The number of rotatable bonds is 5. The van der Waals surface area contributed by atoms with Gasteiger partial charge in [-0.2, -0.15) is 13.2 Å². The molecule has 1 aromatic rings. The molecule has 1 heterocycles. The van der Waals surface area contributed by atoms with Crippen molar-refractivity contribution in [3.63, 3.8) is 0 Å². The minimum absolute atomic E-state index is 0.179. The normalized spacial score (nSPS) is 18.5. The van der Waals surface area contributed by atoms with Gasteiger partial charge in [0.25, 0.3) is 5.91 Å². The van der Waals surface area contributed by atoms with E-state index in [9.17, 15) is 22.8 Å². The van der Waals surface area contributed by atoms with E-state index in [0.29, 0.717) is 37.1 Å². The van der Waals surface area contributed by atoms with Gasteiger partial charge in [0.15, 0.2) is 0 Å². The van der Waals surface area contributed by atoms with Gasteiger partial charge in [-0.15, -0.1) is 0 Å². The Bertz CT molecular complexity index is 587. The summed E-state index contributed by atoms with van der Waals surface area (Å²) in [6, 6.07) is 6.20. The van der Waals surface area contributed by atoms with Crippen LogP contribution in [0.2, 0.25) is 0 Å². The van der Waals surface area contributed by atoms with Crippen LogP contribution in [-0.4, -0.2) is 42.6 Å². The summed E-state index contributed by atoms with van der Waals surface area (Å²) in [4.78, 5) is 25.3. The molecule has 0 bridgehead atoms. The molecule has 24 heavy (non-hydrogen) atoms. The smallest absolute Gasteiger partial charge is 0.369 e. The maximum absolute atomic E-state index is 12.4. The summed E-state index contributed by atoms with van der Waals surface area (Å²) in [7, 11) is 0. The molecule has 8 heteroatoms. The monoisotopic (exact) mass is 344 g/mol. The van der Waals surface area contributed by atoms with Gasteiger partial charge < -0.3 is 15.4 Å². The van der Waals surface area contributed by atoms with Crippen LogP contribution >= 0.6 is 0 Å². The number of carbonyl (C=O) groups is 2. The number of hydrogen-bond acceptors (Lipinski definition) is 3. The molecule has 0 spiro atoms. The lowest BCUT2D eigenvalue weighted by Crippen LogP contribution is -2.44. The average molecular weight is 344 g/mol. The Morgan fingerprint density at radius 1 is 1.25 bits per heavy atom. The average Bonchev–Trinajstić information content (AvgIpc) is 2.54. The minimum atomic E-state index is -4.36. The van der Waals surface area contributed by atoms with Crippen molar-refractivity contribution in [2.75, 3.05) is 19.7 Å². The zero-order valence-electron chi connectivity index (χ0n) is 13.0. The van der Waals surface area contributed by atoms with Gasteiger partial charge in [-0.3, -0.25) is 9.59 Å². The van der Waals surface area contributed by atoms with Crippen LogP contribution in [0.3, 0.4) is 0 Å². The number of primary amides is 1. The van der Waals surface area contributed by atoms with E-state index in [4.69, 9.17) is 5.73 Å². The number of carbonyl (C=O) groups excluding carboxylic acids is 2. The van der Waals surface area contributed by atoms with Gasteiger partial charge >= 0.3 is 6.18 Å². The first kappa shape index (κ1) is 18.3. The van der Waals surface area contributed by atoms with E-state index in [-0.39, 0.29) is 18.4 Å². The molecule has 1 aromatic carbocycles. The molecule has 1 atom stereocenters. The Morgan fingerprint density at radius 2 is 1.92 bits per heavy atom. The highest BCUT2D eigenvalue weighted by atomic mass is 19.4. The highest BCUT2D eigenvalue weighted by molar-refractivity contribution is 5.94.